The fourth-order valence-electron chi connectivity index (χ4n) is 2.42. The van der Waals surface area contributed by atoms with Gasteiger partial charge in [-0.25, -0.2) is 9.78 Å². The van der Waals surface area contributed by atoms with E-state index in [0.717, 1.165) is 5.39 Å². The van der Waals surface area contributed by atoms with Crippen LogP contribution in [0.5, 0.6) is 0 Å². The van der Waals surface area contributed by atoms with Gasteiger partial charge in [0.1, 0.15) is 11.6 Å². The predicted molar refractivity (Wildman–Crippen MR) is 90.9 cm³/mol. The zero-order valence-corrected chi connectivity index (χ0v) is 14.0. The highest BCUT2D eigenvalue weighted by atomic mass is 16.5. The first kappa shape index (κ1) is 16.8. The van der Waals surface area contributed by atoms with Crippen molar-refractivity contribution in [3.8, 4) is 0 Å². The van der Waals surface area contributed by atoms with Crippen LogP contribution in [-0.2, 0) is 16.1 Å². The Hall–Kier alpha value is -3.09. The number of rotatable bonds is 6. The number of nitrogens with zero attached hydrogens (tertiary/aromatic N) is 2. The van der Waals surface area contributed by atoms with E-state index in [1.807, 2.05) is 18.2 Å². The highest BCUT2D eigenvalue weighted by Crippen LogP contribution is 2.18. The van der Waals surface area contributed by atoms with Crippen LogP contribution in [0.4, 0.5) is 0 Å². The molecule has 0 saturated heterocycles. The Bertz CT molecular complexity index is 834. The van der Waals surface area contributed by atoms with Crippen molar-refractivity contribution in [3.63, 3.8) is 0 Å². The van der Waals surface area contributed by atoms with Crippen LogP contribution in [0.1, 0.15) is 24.4 Å². The number of furan rings is 1. The summed E-state index contributed by atoms with van der Waals surface area (Å²) in [4.78, 5) is 28.8. The summed E-state index contributed by atoms with van der Waals surface area (Å²) in [6.07, 6.45) is 4.61. The quantitative estimate of drug-likeness (QED) is 0.696. The van der Waals surface area contributed by atoms with Crippen LogP contribution in [0.25, 0.3) is 11.0 Å². The number of amides is 1. The Kier molecular flexibility index (Phi) is 4.83. The lowest BCUT2D eigenvalue weighted by atomic mass is 10.2. The van der Waals surface area contributed by atoms with Crippen LogP contribution in [0, 0.1) is 0 Å². The normalized spacial score (nSPS) is 12.3. The van der Waals surface area contributed by atoms with Gasteiger partial charge in [0.2, 0.25) is 0 Å². The summed E-state index contributed by atoms with van der Waals surface area (Å²) in [6, 6.07) is 8.12. The number of benzene rings is 1. The van der Waals surface area contributed by atoms with Gasteiger partial charge in [-0.1, -0.05) is 18.2 Å². The van der Waals surface area contributed by atoms with E-state index in [1.54, 1.807) is 49.3 Å². The highest BCUT2D eigenvalue weighted by molar-refractivity contribution is 5.98. The van der Waals surface area contributed by atoms with Gasteiger partial charge in [0.25, 0.3) is 5.91 Å². The lowest BCUT2D eigenvalue weighted by Crippen LogP contribution is -2.45. The molecule has 7 nitrogen and oxygen atoms in total. The van der Waals surface area contributed by atoms with Gasteiger partial charge in [-0.15, -0.1) is 0 Å². The van der Waals surface area contributed by atoms with Crippen LogP contribution in [0.2, 0.25) is 0 Å². The van der Waals surface area contributed by atoms with Crippen molar-refractivity contribution in [2.45, 2.75) is 32.5 Å². The molecule has 0 bridgehead atoms. The van der Waals surface area contributed by atoms with Crippen molar-refractivity contribution in [1.82, 2.24) is 14.9 Å². The number of aromatic nitrogens is 2. The first-order valence-corrected chi connectivity index (χ1v) is 7.98. The second kappa shape index (κ2) is 7.21. The first-order chi connectivity index (χ1) is 12.0. The SMILES string of the molecule is CC(C)OC(=O)[C@H](Cn1ccnc1)NC(=O)c1cc2ccccc2o1. The van der Waals surface area contributed by atoms with E-state index in [1.165, 1.54) is 0 Å². The summed E-state index contributed by atoms with van der Waals surface area (Å²) >= 11 is 0. The second-order valence-corrected chi connectivity index (χ2v) is 5.92. The van der Waals surface area contributed by atoms with Crippen molar-refractivity contribution in [3.05, 3.63) is 54.8 Å². The molecule has 0 aliphatic heterocycles. The summed E-state index contributed by atoms with van der Waals surface area (Å²) in [5, 5.41) is 3.50. The van der Waals surface area contributed by atoms with E-state index < -0.39 is 17.9 Å². The van der Waals surface area contributed by atoms with Crippen molar-refractivity contribution >= 4 is 22.8 Å². The molecule has 1 N–H and O–H groups in total. The number of para-hydroxylation sites is 1. The zero-order valence-electron chi connectivity index (χ0n) is 14.0. The minimum Gasteiger partial charge on any atom is -0.461 e. The number of nitrogens with one attached hydrogen (secondary N) is 1. The van der Waals surface area contributed by atoms with Crippen molar-refractivity contribution in [2.75, 3.05) is 0 Å². The Morgan fingerprint density at radius 2 is 2.12 bits per heavy atom. The van der Waals surface area contributed by atoms with Gasteiger partial charge in [0.05, 0.1) is 19.0 Å². The topological polar surface area (TPSA) is 86.4 Å². The summed E-state index contributed by atoms with van der Waals surface area (Å²) < 4.78 is 12.5. The Morgan fingerprint density at radius 3 is 2.80 bits per heavy atom. The summed E-state index contributed by atoms with van der Waals surface area (Å²) in [5.41, 5.74) is 0.614. The van der Waals surface area contributed by atoms with Gasteiger partial charge in [-0.2, -0.15) is 0 Å². The number of ether oxygens (including phenoxy) is 1. The van der Waals surface area contributed by atoms with Gasteiger partial charge in [-0.3, -0.25) is 4.79 Å². The van der Waals surface area contributed by atoms with Crippen molar-refractivity contribution in [1.29, 1.82) is 0 Å². The molecule has 0 radical (unpaired) electrons. The molecule has 0 aliphatic rings. The number of imidazole rings is 1. The second-order valence-electron chi connectivity index (χ2n) is 5.92. The molecule has 0 saturated carbocycles. The van der Waals surface area contributed by atoms with Crippen LogP contribution in [-0.4, -0.2) is 33.6 Å². The number of carbonyl (C=O) groups excluding carboxylic acids is 2. The fraction of sp³-hybridized carbons (Fsp3) is 0.278. The monoisotopic (exact) mass is 341 g/mol. The molecule has 1 atom stereocenters. The molecule has 7 heteroatoms. The summed E-state index contributed by atoms with van der Waals surface area (Å²) in [7, 11) is 0. The van der Waals surface area contributed by atoms with Gasteiger partial charge in [0.15, 0.2) is 5.76 Å². The molecular weight excluding hydrogens is 322 g/mol. The maximum Gasteiger partial charge on any atom is 0.330 e. The Balaban J connectivity index is 1.77. The summed E-state index contributed by atoms with van der Waals surface area (Å²) in [5.74, 6) is -0.829. The van der Waals surface area contributed by atoms with Crippen molar-refractivity contribution in [2.24, 2.45) is 0 Å². The van der Waals surface area contributed by atoms with Gasteiger partial charge in [0, 0.05) is 17.8 Å². The molecule has 1 aromatic carbocycles. The Morgan fingerprint density at radius 1 is 1.32 bits per heavy atom. The smallest absolute Gasteiger partial charge is 0.330 e. The van der Waals surface area contributed by atoms with E-state index in [4.69, 9.17) is 9.15 Å². The standard InChI is InChI=1S/C18H19N3O4/c1-12(2)24-18(23)14(10-21-8-7-19-11-21)20-17(22)16-9-13-5-3-4-6-15(13)25-16/h3-9,11-12,14H,10H2,1-2H3,(H,20,22)/t14-/m0/s1. The Labute approximate surface area is 144 Å². The molecule has 0 unspecified atom stereocenters. The molecule has 0 aliphatic carbocycles. The molecule has 3 rings (SSSR count). The minimum absolute atomic E-state index is 0.147. The number of carbonyl (C=O) groups is 2. The molecule has 0 fully saturated rings. The lowest BCUT2D eigenvalue weighted by Gasteiger charge is -2.19. The van der Waals surface area contributed by atoms with E-state index in [2.05, 4.69) is 10.3 Å². The number of esters is 1. The number of fused-ring (bicyclic) bond motifs is 1. The average molecular weight is 341 g/mol. The molecule has 1 amide bonds. The van der Waals surface area contributed by atoms with E-state index in [9.17, 15) is 9.59 Å². The van der Waals surface area contributed by atoms with Crippen LogP contribution >= 0.6 is 0 Å². The van der Waals surface area contributed by atoms with Crippen LogP contribution in [0.3, 0.4) is 0 Å². The molecule has 3 aromatic rings. The number of hydrogen-bond donors (Lipinski definition) is 1. The molecular formula is C18H19N3O4. The van der Waals surface area contributed by atoms with Gasteiger partial charge in [-0.05, 0) is 26.0 Å². The molecule has 0 spiro atoms. The van der Waals surface area contributed by atoms with Crippen LogP contribution < -0.4 is 5.32 Å². The first-order valence-electron chi connectivity index (χ1n) is 7.98. The summed E-state index contributed by atoms with van der Waals surface area (Å²) in [6.45, 7) is 3.73. The minimum atomic E-state index is -0.850. The van der Waals surface area contributed by atoms with Crippen molar-refractivity contribution < 1.29 is 18.7 Å². The largest absolute Gasteiger partial charge is 0.461 e. The van der Waals surface area contributed by atoms with E-state index >= 15 is 0 Å². The third-order valence-corrected chi connectivity index (χ3v) is 3.54. The third-order valence-electron chi connectivity index (χ3n) is 3.54. The maximum atomic E-state index is 12.5. The van der Waals surface area contributed by atoms with Gasteiger partial charge >= 0.3 is 5.97 Å². The molecule has 130 valence electrons. The average Bonchev–Trinajstić information content (AvgIpc) is 3.22. The highest BCUT2D eigenvalue weighted by Gasteiger charge is 2.25. The molecule has 2 heterocycles. The number of hydrogen-bond acceptors (Lipinski definition) is 5. The zero-order chi connectivity index (χ0) is 17.8. The maximum absolute atomic E-state index is 12.5. The lowest BCUT2D eigenvalue weighted by molar-refractivity contribution is -0.150. The van der Waals surface area contributed by atoms with E-state index in [-0.39, 0.29) is 18.4 Å². The van der Waals surface area contributed by atoms with Crippen LogP contribution in [0.15, 0.2) is 53.5 Å². The van der Waals surface area contributed by atoms with E-state index in [0.29, 0.717) is 5.58 Å². The fourth-order valence-corrected chi connectivity index (χ4v) is 2.42. The predicted octanol–water partition coefficient (Wildman–Crippen LogP) is 2.38. The molecule has 25 heavy (non-hydrogen) atoms. The third kappa shape index (κ3) is 4.06. The molecule has 2 aromatic heterocycles. The van der Waals surface area contributed by atoms with Gasteiger partial charge < -0.3 is 19.0 Å².